The van der Waals surface area contributed by atoms with Gasteiger partial charge >= 0.3 is 6.01 Å². The van der Waals surface area contributed by atoms with Gasteiger partial charge in [-0.25, -0.2) is 9.97 Å². The molecular weight excluding hydrogens is 324 g/mol. The zero-order valence-corrected chi connectivity index (χ0v) is 15.4. The summed E-state index contributed by atoms with van der Waals surface area (Å²) in [4.78, 5) is 13.2. The van der Waals surface area contributed by atoms with Gasteiger partial charge in [-0.05, 0) is 55.6 Å². The van der Waals surface area contributed by atoms with Crippen molar-refractivity contribution in [3.05, 3.63) is 59.6 Å². The molecule has 136 valence electrons. The van der Waals surface area contributed by atoms with Gasteiger partial charge in [-0.1, -0.05) is 24.6 Å². The Kier molecular flexibility index (Phi) is 5.16. The Bertz CT molecular complexity index is 769. The minimum atomic E-state index is 0.435. The van der Waals surface area contributed by atoms with E-state index in [9.17, 15) is 0 Å². The number of likely N-dealkylation sites (tertiary alicyclic amines) is 1. The molecule has 0 N–H and O–H groups in total. The quantitative estimate of drug-likeness (QED) is 0.828. The smallest absolute Gasteiger partial charge is 0.316 e. The standard InChI is InChI=1S/C21H26N4O/c1-24-19-9-4-3-8-17(19)14-18(15-25-12-5-2-6-13-25)20(24)16-26-21-22-10-7-11-23-21/h3-4,7-11H,2,5-6,12-16H2,1H3. The highest BCUT2D eigenvalue weighted by Gasteiger charge is 2.24. The van der Waals surface area contributed by atoms with Crippen LogP contribution < -0.4 is 9.64 Å². The molecule has 0 saturated carbocycles. The lowest BCUT2D eigenvalue weighted by atomic mass is 9.95. The average Bonchev–Trinajstić information content (AvgIpc) is 2.69. The monoisotopic (exact) mass is 350 g/mol. The van der Waals surface area contributed by atoms with Crippen LogP contribution in [0, 0.1) is 0 Å². The van der Waals surface area contributed by atoms with E-state index in [0.29, 0.717) is 12.6 Å². The molecule has 4 rings (SSSR count). The van der Waals surface area contributed by atoms with Crippen LogP contribution in [0.3, 0.4) is 0 Å². The van der Waals surface area contributed by atoms with Gasteiger partial charge in [0, 0.05) is 31.7 Å². The topological polar surface area (TPSA) is 41.5 Å². The third-order valence-corrected chi connectivity index (χ3v) is 5.31. The van der Waals surface area contributed by atoms with Crippen molar-refractivity contribution in [2.75, 3.05) is 38.2 Å². The number of fused-ring (bicyclic) bond motifs is 1. The molecule has 1 aromatic heterocycles. The zero-order valence-electron chi connectivity index (χ0n) is 15.4. The maximum Gasteiger partial charge on any atom is 0.316 e. The molecule has 0 unspecified atom stereocenters. The minimum absolute atomic E-state index is 0.435. The maximum atomic E-state index is 5.91. The predicted octanol–water partition coefficient (Wildman–Crippen LogP) is 3.29. The van der Waals surface area contributed by atoms with Crippen LogP contribution >= 0.6 is 0 Å². The first-order valence-electron chi connectivity index (χ1n) is 9.46. The Morgan fingerprint density at radius 3 is 2.58 bits per heavy atom. The van der Waals surface area contributed by atoms with E-state index in [1.54, 1.807) is 18.5 Å². The molecule has 2 aliphatic rings. The second-order valence-electron chi connectivity index (χ2n) is 7.07. The number of benzene rings is 1. The van der Waals surface area contributed by atoms with E-state index in [1.807, 2.05) is 0 Å². The molecule has 0 amide bonds. The first-order chi connectivity index (χ1) is 12.8. The molecule has 2 aromatic rings. The Morgan fingerprint density at radius 1 is 1.00 bits per heavy atom. The summed E-state index contributed by atoms with van der Waals surface area (Å²) in [5.41, 5.74) is 5.34. The van der Waals surface area contributed by atoms with E-state index in [1.165, 1.54) is 54.9 Å². The second-order valence-corrected chi connectivity index (χ2v) is 7.07. The molecule has 5 nitrogen and oxygen atoms in total. The molecule has 2 aliphatic heterocycles. The fraction of sp³-hybridized carbons (Fsp3) is 0.429. The van der Waals surface area contributed by atoms with Crippen molar-refractivity contribution >= 4 is 5.69 Å². The highest BCUT2D eigenvalue weighted by atomic mass is 16.5. The Balaban J connectivity index is 1.58. The summed E-state index contributed by atoms with van der Waals surface area (Å²) < 4.78 is 5.91. The minimum Gasteiger partial charge on any atom is -0.457 e. The van der Waals surface area contributed by atoms with Crippen LogP contribution in [0.5, 0.6) is 6.01 Å². The van der Waals surface area contributed by atoms with Crippen molar-refractivity contribution in [2.24, 2.45) is 0 Å². The number of rotatable bonds is 5. The van der Waals surface area contributed by atoms with Crippen LogP contribution in [-0.2, 0) is 6.42 Å². The summed E-state index contributed by atoms with van der Waals surface area (Å²) in [7, 11) is 2.14. The van der Waals surface area contributed by atoms with Gasteiger partial charge in [0.25, 0.3) is 0 Å². The van der Waals surface area contributed by atoms with E-state index >= 15 is 0 Å². The molecule has 5 heteroatoms. The van der Waals surface area contributed by atoms with Crippen molar-refractivity contribution in [3.63, 3.8) is 0 Å². The largest absolute Gasteiger partial charge is 0.457 e. The first-order valence-corrected chi connectivity index (χ1v) is 9.46. The number of aromatic nitrogens is 2. The van der Waals surface area contributed by atoms with Gasteiger partial charge in [0.2, 0.25) is 0 Å². The molecule has 0 atom stereocenters. The summed E-state index contributed by atoms with van der Waals surface area (Å²) in [5.74, 6) is 0. The van der Waals surface area contributed by atoms with Gasteiger partial charge in [0.15, 0.2) is 0 Å². The SMILES string of the molecule is CN1C(COc2ncccn2)=C(CN2CCCCC2)Cc2ccccc21. The van der Waals surface area contributed by atoms with E-state index in [2.05, 4.69) is 51.1 Å². The van der Waals surface area contributed by atoms with Gasteiger partial charge in [-0.2, -0.15) is 0 Å². The van der Waals surface area contributed by atoms with Crippen LogP contribution in [0.4, 0.5) is 5.69 Å². The normalized spacial score (nSPS) is 18.0. The van der Waals surface area contributed by atoms with Crippen molar-refractivity contribution in [2.45, 2.75) is 25.7 Å². The summed E-state index contributed by atoms with van der Waals surface area (Å²) in [5, 5.41) is 0. The number of hydrogen-bond donors (Lipinski definition) is 0. The summed E-state index contributed by atoms with van der Waals surface area (Å²) in [6.45, 7) is 3.92. The number of hydrogen-bond acceptors (Lipinski definition) is 5. The Hall–Kier alpha value is -2.40. The van der Waals surface area contributed by atoms with Crippen molar-refractivity contribution in [3.8, 4) is 6.01 Å². The molecule has 0 radical (unpaired) electrons. The Morgan fingerprint density at radius 2 is 1.77 bits per heavy atom. The summed E-state index contributed by atoms with van der Waals surface area (Å²) in [6.07, 6.45) is 8.40. The number of para-hydroxylation sites is 1. The average molecular weight is 350 g/mol. The molecule has 0 bridgehead atoms. The van der Waals surface area contributed by atoms with Gasteiger partial charge in [0.1, 0.15) is 6.61 Å². The number of likely N-dealkylation sites (N-methyl/N-ethyl adjacent to an activating group) is 1. The van der Waals surface area contributed by atoms with Crippen LogP contribution in [0.25, 0.3) is 0 Å². The molecule has 0 aliphatic carbocycles. The third kappa shape index (κ3) is 3.73. The third-order valence-electron chi connectivity index (χ3n) is 5.31. The van der Waals surface area contributed by atoms with Crippen molar-refractivity contribution in [1.82, 2.24) is 14.9 Å². The number of ether oxygens (including phenoxy) is 1. The van der Waals surface area contributed by atoms with Gasteiger partial charge in [0.05, 0.1) is 5.70 Å². The lowest BCUT2D eigenvalue weighted by Crippen LogP contribution is -2.36. The van der Waals surface area contributed by atoms with E-state index < -0.39 is 0 Å². The summed E-state index contributed by atoms with van der Waals surface area (Å²) in [6, 6.07) is 10.9. The molecule has 1 aromatic carbocycles. The van der Waals surface area contributed by atoms with E-state index in [4.69, 9.17) is 4.74 Å². The highest BCUT2D eigenvalue weighted by Crippen LogP contribution is 2.32. The number of piperidine rings is 1. The molecule has 26 heavy (non-hydrogen) atoms. The predicted molar refractivity (Wildman–Crippen MR) is 103 cm³/mol. The lowest BCUT2D eigenvalue weighted by Gasteiger charge is -2.35. The number of anilines is 1. The first kappa shape index (κ1) is 17.0. The Labute approximate surface area is 155 Å². The second kappa shape index (κ2) is 7.87. The fourth-order valence-electron chi connectivity index (χ4n) is 3.93. The highest BCUT2D eigenvalue weighted by molar-refractivity contribution is 5.62. The molecule has 3 heterocycles. The molecule has 1 fully saturated rings. The zero-order chi connectivity index (χ0) is 17.8. The number of nitrogens with zero attached hydrogens (tertiary/aromatic N) is 4. The molecule has 0 spiro atoms. The lowest BCUT2D eigenvalue weighted by molar-refractivity contribution is 0.242. The molecule has 1 saturated heterocycles. The van der Waals surface area contributed by atoms with Crippen molar-refractivity contribution < 1.29 is 4.74 Å². The van der Waals surface area contributed by atoms with E-state index in [-0.39, 0.29) is 0 Å². The van der Waals surface area contributed by atoms with Crippen LogP contribution in [0.1, 0.15) is 24.8 Å². The van der Waals surface area contributed by atoms with Crippen molar-refractivity contribution in [1.29, 1.82) is 0 Å². The van der Waals surface area contributed by atoms with Gasteiger partial charge in [-0.3, -0.25) is 4.90 Å². The van der Waals surface area contributed by atoms with Gasteiger partial charge in [-0.15, -0.1) is 0 Å². The van der Waals surface area contributed by atoms with Crippen LogP contribution in [-0.4, -0.2) is 48.2 Å². The maximum absolute atomic E-state index is 5.91. The van der Waals surface area contributed by atoms with Crippen LogP contribution in [0.2, 0.25) is 0 Å². The fourth-order valence-corrected chi connectivity index (χ4v) is 3.93. The molecular formula is C21H26N4O. The summed E-state index contributed by atoms with van der Waals surface area (Å²) >= 11 is 0. The van der Waals surface area contributed by atoms with E-state index in [0.717, 1.165) is 13.0 Å². The van der Waals surface area contributed by atoms with Crippen LogP contribution in [0.15, 0.2) is 54.0 Å². The van der Waals surface area contributed by atoms with Gasteiger partial charge < -0.3 is 9.64 Å².